The largest absolute Gasteiger partial charge is 0.416 e. The summed E-state index contributed by atoms with van der Waals surface area (Å²) < 4.78 is 39.3. The molecule has 0 bridgehead atoms. The average Bonchev–Trinajstić information content (AvgIpc) is 3.00. The van der Waals surface area contributed by atoms with Gasteiger partial charge in [0.15, 0.2) is 0 Å². The number of alkyl halides is 3. The van der Waals surface area contributed by atoms with Crippen LogP contribution >= 0.6 is 22.9 Å². The minimum atomic E-state index is -4.44. The fraction of sp³-hybridized carbons (Fsp3) is 0.429. The minimum absolute atomic E-state index is 0.185. The molecular formula is C21H21ClF3N3S. The van der Waals surface area contributed by atoms with Gasteiger partial charge in [-0.1, -0.05) is 32.4 Å². The number of hydrogen-bond donors (Lipinski definition) is 1. The highest BCUT2D eigenvalue weighted by molar-refractivity contribution is 7.19. The van der Waals surface area contributed by atoms with Crippen molar-refractivity contribution in [1.29, 1.82) is 0 Å². The van der Waals surface area contributed by atoms with Crippen LogP contribution < -0.4 is 5.32 Å². The summed E-state index contributed by atoms with van der Waals surface area (Å²) in [4.78, 5) is 10.9. The lowest BCUT2D eigenvalue weighted by atomic mass is 9.72. The van der Waals surface area contributed by atoms with Crippen molar-refractivity contribution in [3.05, 3.63) is 45.6 Å². The first-order valence-corrected chi connectivity index (χ1v) is 10.6. The number of aromatic nitrogens is 2. The maximum absolute atomic E-state index is 13.1. The van der Waals surface area contributed by atoms with Crippen LogP contribution in [0.1, 0.15) is 43.2 Å². The summed E-state index contributed by atoms with van der Waals surface area (Å²) in [6.07, 6.45) is -0.0266. The van der Waals surface area contributed by atoms with Crippen molar-refractivity contribution in [2.24, 2.45) is 11.3 Å². The molecule has 2 heterocycles. The summed E-state index contributed by atoms with van der Waals surface area (Å²) in [5.41, 5.74) is 0.864. The van der Waals surface area contributed by atoms with Gasteiger partial charge in [-0.2, -0.15) is 13.2 Å². The molecule has 8 heteroatoms. The molecule has 4 rings (SSSR count). The molecule has 1 atom stereocenters. The Balaban J connectivity index is 1.75. The van der Waals surface area contributed by atoms with Crippen LogP contribution in [0.15, 0.2) is 24.5 Å². The molecule has 0 saturated heterocycles. The summed E-state index contributed by atoms with van der Waals surface area (Å²) in [7, 11) is 0. The van der Waals surface area contributed by atoms with Crippen molar-refractivity contribution in [3.63, 3.8) is 0 Å². The van der Waals surface area contributed by atoms with Crippen LogP contribution in [-0.2, 0) is 19.0 Å². The molecule has 0 spiro atoms. The van der Waals surface area contributed by atoms with Crippen LogP contribution in [0.4, 0.5) is 24.7 Å². The molecule has 1 unspecified atom stereocenters. The lowest BCUT2D eigenvalue weighted by Crippen LogP contribution is -2.26. The van der Waals surface area contributed by atoms with E-state index in [1.54, 1.807) is 11.3 Å². The van der Waals surface area contributed by atoms with Crippen molar-refractivity contribution in [1.82, 2.24) is 9.97 Å². The normalized spacial score (nSPS) is 17.4. The van der Waals surface area contributed by atoms with E-state index in [-0.39, 0.29) is 16.1 Å². The second-order valence-corrected chi connectivity index (χ2v) is 10.0. The molecule has 3 nitrogen and oxygen atoms in total. The topological polar surface area (TPSA) is 37.8 Å². The second-order valence-electron chi connectivity index (χ2n) is 8.53. The fourth-order valence-corrected chi connectivity index (χ4v) is 5.30. The Labute approximate surface area is 176 Å². The van der Waals surface area contributed by atoms with Crippen LogP contribution in [0.5, 0.6) is 0 Å². The van der Waals surface area contributed by atoms with E-state index in [1.165, 1.54) is 22.8 Å². The van der Waals surface area contributed by atoms with E-state index in [0.29, 0.717) is 11.7 Å². The van der Waals surface area contributed by atoms with E-state index in [4.69, 9.17) is 11.6 Å². The van der Waals surface area contributed by atoms with Crippen molar-refractivity contribution >= 4 is 44.7 Å². The number of anilines is 2. The monoisotopic (exact) mass is 439 g/mol. The first-order valence-electron chi connectivity index (χ1n) is 9.43. The van der Waals surface area contributed by atoms with Gasteiger partial charge < -0.3 is 5.32 Å². The number of halogens is 4. The molecule has 1 aromatic carbocycles. The molecule has 1 aliphatic rings. The number of aryl methyl sites for hydroxylation is 1. The molecule has 2 aromatic heterocycles. The smallest absolute Gasteiger partial charge is 0.338 e. The van der Waals surface area contributed by atoms with Crippen molar-refractivity contribution < 1.29 is 13.2 Å². The van der Waals surface area contributed by atoms with E-state index in [0.717, 1.165) is 41.6 Å². The number of rotatable bonds is 2. The third kappa shape index (κ3) is 3.94. The zero-order chi connectivity index (χ0) is 21.0. The summed E-state index contributed by atoms with van der Waals surface area (Å²) in [6.45, 7) is 6.79. The highest BCUT2D eigenvalue weighted by atomic mass is 35.5. The van der Waals surface area contributed by atoms with E-state index in [1.807, 2.05) is 0 Å². The van der Waals surface area contributed by atoms with Crippen LogP contribution in [-0.4, -0.2) is 9.97 Å². The van der Waals surface area contributed by atoms with Crippen LogP contribution in [0.25, 0.3) is 10.2 Å². The Hall–Kier alpha value is -1.86. The van der Waals surface area contributed by atoms with Gasteiger partial charge in [-0.05, 0) is 54.4 Å². The number of thiophene rings is 1. The van der Waals surface area contributed by atoms with Gasteiger partial charge in [-0.3, -0.25) is 0 Å². The Morgan fingerprint density at radius 1 is 1.17 bits per heavy atom. The van der Waals surface area contributed by atoms with Gasteiger partial charge in [0.2, 0.25) is 0 Å². The molecule has 29 heavy (non-hydrogen) atoms. The maximum atomic E-state index is 13.1. The van der Waals surface area contributed by atoms with Crippen molar-refractivity contribution in [2.45, 2.75) is 46.2 Å². The molecule has 0 amide bonds. The molecular weight excluding hydrogens is 419 g/mol. The van der Waals surface area contributed by atoms with Gasteiger partial charge in [-0.15, -0.1) is 11.3 Å². The van der Waals surface area contributed by atoms with Crippen LogP contribution in [0.2, 0.25) is 5.02 Å². The first-order chi connectivity index (χ1) is 13.5. The Bertz CT molecular complexity index is 1070. The summed E-state index contributed by atoms with van der Waals surface area (Å²) in [5, 5.41) is 4.14. The predicted octanol–water partition coefficient (Wildman–Crippen LogP) is 7.26. The second kappa shape index (κ2) is 7.13. The van der Waals surface area contributed by atoms with Gasteiger partial charge >= 0.3 is 6.18 Å². The highest BCUT2D eigenvalue weighted by Crippen LogP contribution is 2.45. The zero-order valence-electron chi connectivity index (χ0n) is 16.3. The quantitative estimate of drug-likeness (QED) is 0.456. The standard InChI is InChI=1S/C21H21ClF3N3S/c1-20(2,3)11-4-6-13-16(9-11)29-19-17(13)18(26-10-27-19)28-15-8-12(21(23,24)25)5-7-14(15)22/h5,7-8,10-11H,4,6,9H2,1-3H3,(H,26,27,28). The van der Waals surface area contributed by atoms with E-state index in [2.05, 4.69) is 36.1 Å². The van der Waals surface area contributed by atoms with Gasteiger partial charge in [0, 0.05) is 4.88 Å². The van der Waals surface area contributed by atoms with Gasteiger partial charge in [0.25, 0.3) is 0 Å². The Kier molecular flexibility index (Phi) is 5.02. The summed E-state index contributed by atoms with van der Waals surface area (Å²) in [6, 6.07) is 3.25. The first kappa shape index (κ1) is 20.4. The molecule has 0 fully saturated rings. The molecule has 0 aliphatic heterocycles. The Morgan fingerprint density at radius 3 is 2.62 bits per heavy atom. The maximum Gasteiger partial charge on any atom is 0.416 e. The molecule has 1 N–H and O–H groups in total. The number of nitrogens with one attached hydrogen (secondary N) is 1. The van der Waals surface area contributed by atoms with Crippen LogP contribution in [0, 0.1) is 11.3 Å². The van der Waals surface area contributed by atoms with Crippen LogP contribution in [0.3, 0.4) is 0 Å². The number of nitrogens with zero attached hydrogens (tertiary/aromatic N) is 2. The molecule has 0 saturated carbocycles. The van der Waals surface area contributed by atoms with Gasteiger partial charge in [0.05, 0.1) is 21.7 Å². The predicted molar refractivity (Wildman–Crippen MR) is 112 cm³/mol. The fourth-order valence-electron chi connectivity index (χ4n) is 3.87. The van der Waals surface area contributed by atoms with Crippen molar-refractivity contribution in [2.75, 3.05) is 5.32 Å². The zero-order valence-corrected chi connectivity index (χ0v) is 17.9. The number of fused-ring (bicyclic) bond motifs is 3. The summed E-state index contributed by atoms with van der Waals surface area (Å²) in [5.74, 6) is 1.09. The molecule has 154 valence electrons. The van der Waals surface area contributed by atoms with E-state index in [9.17, 15) is 13.2 Å². The van der Waals surface area contributed by atoms with Gasteiger partial charge in [-0.25, -0.2) is 9.97 Å². The number of hydrogen-bond acceptors (Lipinski definition) is 4. The molecule has 1 aliphatic carbocycles. The third-order valence-electron chi connectivity index (χ3n) is 5.62. The lowest BCUT2D eigenvalue weighted by Gasteiger charge is -2.33. The van der Waals surface area contributed by atoms with E-state index >= 15 is 0 Å². The minimum Gasteiger partial charge on any atom is -0.338 e. The van der Waals surface area contributed by atoms with Gasteiger partial charge in [0.1, 0.15) is 17.0 Å². The van der Waals surface area contributed by atoms with Crippen molar-refractivity contribution in [3.8, 4) is 0 Å². The summed E-state index contributed by atoms with van der Waals surface area (Å²) >= 11 is 7.82. The van der Waals surface area contributed by atoms with E-state index < -0.39 is 11.7 Å². The Morgan fingerprint density at radius 2 is 1.93 bits per heavy atom. The highest BCUT2D eigenvalue weighted by Gasteiger charge is 2.33. The SMILES string of the molecule is CC(C)(C)C1CCc2c(sc3ncnc(Nc4cc(C(F)(F)F)ccc4Cl)c23)C1. The average molecular weight is 440 g/mol. The molecule has 3 aromatic rings. The number of benzene rings is 1. The molecule has 0 radical (unpaired) electrons. The lowest BCUT2D eigenvalue weighted by molar-refractivity contribution is -0.137. The third-order valence-corrected chi connectivity index (χ3v) is 7.11.